The quantitative estimate of drug-likeness (QED) is 0.769. The van der Waals surface area contributed by atoms with E-state index in [0.717, 1.165) is 0 Å². The lowest BCUT2D eigenvalue weighted by molar-refractivity contribution is -0.129. The molecule has 0 saturated carbocycles. The predicted octanol–water partition coefficient (Wildman–Crippen LogP) is 3.86. The Bertz CT molecular complexity index is 829. The molecule has 3 nitrogen and oxygen atoms in total. The van der Waals surface area contributed by atoms with E-state index >= 15 is 0 Å². The number of rotatable bonds is 2. The summed E-state index contributed by atoms with van der Waals surface area (Å²) in [6, 6.07) is 11.6. The Morgan fingerprint density at radius 3 is 1.58 bits per heavy atom. The maximum absolute atomic E-state index is 13.1. The van der Waals surface area contributed by atoms with Gasteiger partial charge >= 0.3 is 0 Å². The molecule has 1 aliphatic rings. The number of Topliss-reactive ketones (excluding diaryl/α,β-unsaturated/α-hetero) is 1. The van der Waals surface area contributed by atoms with E-state index in [1.165, 1.54) is 31.2 Å². The molecule has 1 saturated heterocycles. The summed E-state index contributed by atoms with van der Waals surface area (Å²) < 4.78 is 26.1. The van der Waals surface area contributed by atoms with Crippen LogP contribution >= 0.6 is 0 Å². The topological polar surface area (TPSA) is 37.4 Å². The number of hydrogen-bond acceptors (Lipinski definition) is 2. The summed E-state index contributed by atoms with van der Waals surface area (Å²) >= 11 is 0. The van der Waals surface area contributed by atoms with Gasteiger partial charge in [0, 0.05) is 31.2 Å². The summed E-state index contributed by atoms with van der Waals surface area (Å²) in [5.74, 6) is -1.03. The van der Waals surface area contributed by atoms with Gasteiger partial charge in [-0.1, -0.05) is 24.3 Å². The second-order valence-corrected chi connectivity index (χ2v) is 6.15. The van der Waals surface area contributed by atoms with Crippen LogP contribution in [0, 0.1) is 11.6 Å². The van der Waals surface area contributed by atoms with Crippen molar-refractivity contribution in [1.29, 1.82) is 0 Å². The molecule has 0 aromatic heterocycles. The molecule has 132 valence electrons. The van der Waals surface area contributed by atoms with E-state index in [0.29, 0.717) is 22.3 Å². The Morgan fingerprint density at radius 1 is 0.846 bits per heavy atom. The third-order valence-corrected chi connectivity index (χ3v) is 4.17. The molecule has 2 aromatic rings. The zero-order valence-electron chi connectivity index (χ0n) is 14.2. The normalized spacial score (nSPS) is 17.8. The highest BCUT2D eigenvalue weighted by Crippen LogP contribution is 2.22. The zero-order valence-corrected chi connectivity index (χ0v) is 14.2. The first-order chi connectivity index (χ1) is 12.4. The van der Waals surface area contributed by atoms with Crippen LogP contribution in [0.3, 0.4) is 0 Å². The molecule has 1 heterocycles. The van der Waals surface area contributed by atoms with E-state index in [-0.39, 0.29) is 36.4 Å². The van der Waals surface area contributed by atoms with Gasteiger partial charge in [-0.05, 0) is 47.5 Å². The molecule has 0 unspecified atom stereocenters. The lowest BCUT2D eigenvalue weighted by Gasteiger charge is -2.29. The summed E-state index contributed by atoms with van der Waals surface area (Å²) in [5.41, 5.74) is 2.26. The average Bonchev–Trinajstić information content (AvgIpc) is 2.62. The first kappa shape index (κ1) is 17.7. The van der Waals surface area contributed by atoms with Crippen molar-refractivity contribution in [1.82, 2.24) is 4.90 Å². The van der Waals surface area contributed by atoms with Crippen LogP contribution in [0.4, 0.5) is 8.78 Å². The van der Waals surface area contributed by atoms with Crippen molar-refractivity contribution in [3.63, 3.8) is 0 Å². The molecule has 0 aliphatic carbocycles. The van der Waals surface area contributed by atoms with Gasteiger partial charge in [0.25, 0.3) is 0 Å². The molecule has 2 aromatic carbocycles. The second kappa shape index (κ2) is 7.44. The molecule has 5 heteroatoms. The lowest BCUT2D eigenvalue weighted by atomic mass is 9.94. The third kappa shape index (κ3) is 4.11. The monoisotopic (exact) mass is 353 g/mol. The SMILES string of the molecule is CC(=O)N1C/C(=C\c2ccc(F)cc2)C(=O)/C(=C/c2ccc(F)cc2)C1. The highest BCUT2D eigenvalue weighted by Gasteiger charge is 2.27. The van der Waals surface area contributed by atoms with E-state index in [2.05, 4.69) is 0 Å². The van der Waals surface area contributed by atoms with Crippen LogP contribution < -0.4 is 0 Å². The van der Waals surface area contributed by atoms with Gasteiger partial charge in [-0.15, -0.1) is 0 Å². The van der Waals surface area contributed by atoms with Gasteiger partial charge in [0.15, 0.2) is 5.78 Å². The van der Waals surface area contributed by atoms with Gasteiger partial charge in [0.2, 0.25) is 5.91 Å². The highest BCUT2D eigenvalue weighted by molar-refractivity contribution is 6.15. The number of likely N-dealkylation sites (tertiary alicyclic amines) is 1. The summed E-state index contributed by atoms with van der Waals surface area (Å²) in [6.45, 7) is 1.85. The number of amides is 1. The number of hydrogen-bond donors (Lipinski definition) is 0. The van der Waals surface area contributed by atoms with Gasteiger partial charge < -0.3 is 4.90 Å². The number of benzene rings is 2. The third-order valence-electron chi connectivity index (χ3n) is 4.17. The first-order valence-electron chi connectivity index (χ1n) is 8.15. The zero-order chi connectivity index (χ0) is 18.7. The van der Waals surface area contributed by atoms with Crippen LogP contribution in [0.25, 0.3) is 12.2 Å². The molecule has 0 N–H and O–H groups in total. The Hall–Kier alpha value is -3.08. The summed E-state index contributed by atoms with van der Waals surface area (Å²) in [7, 11) is 0. The molecular formula is C21H17F2NO2. The molecule has 1 aliphatic heterocycles. The van der Waals surface area contributed by atoms with Crippen molar-refractivity contribution in [3.05, 3.63) is 82.4 Å². The van der Waals surface area contributed by atoms with Gasteiger partial charge in [-0.25, -0.2) is 8.78 Å². The number of piperidine rings is 1. The van der Waals surface area contributed by atoms with E-state index < -0.39 is 0 Å². The van der Waals surface area contributed by atoms with Gasteiger partial charge in [0.1, 0.15) is 11.6 Å². The molecule has 26 heavy (non-hydrogen) atoms. The summed E-state index contributed by atoms with van der Waals surface area (Å²) in [6.07, 6.45) is 3.32. The maximum Gasteiger partial charge on any atom is 0.220 e. The smallest absolute Gasteiger partial charge is 0.220 e. The number of ketones is 1. The van der Waals surface area contributed by atoms with Crippen molar-refractivity contribution < 1.29 is 18.4 Å². The molecular weight excluding hydrogens is 336 g/mol. The number of carbonyl (C=O) groups is 2. The second-order valence-electron chi connectivity index (χ2n) is 6.15. The van der Waals surface area contributed by atoms with Crippen LogP contribution in [-0.4, -0.2) is 29.7 Å². The van der Waals surface area contributed by atoms with E-state index in [4.69, 9.17) is 0 Å². The minimum Gasteiger partial charge on any atom is -0.334 e. The molecule has 1 fully saturated rings. The van der Waals surface area contributed by atoms with Crippen molar-refractivity contribution in [2.45, 2.75) is 6.92 Å². The lowest BCUT2D eigenvalue weighted by Crippen LogP contribution is -2.40. The minimum absolute atomic E-state index is 0.146. The predicted molar refractivity (Wildman–Crippen MR) is 96.0 cm³/mol. The van der Waals surface area contributed by atoms with Crippen LogP contribution in [-0.2, 0) is 9.59 Å². The van der Waals surface area contributed by atoms with Crippen molar-refractivity contribution in [3.8, 4) is 0 Å². The largest absolute Gasteiger partial charge is 0.334 e. The Balaban J connectivity index is 1.97. The van der Waals surface area contributed by atoms with Crippen LogP contribution in [0.5, 0.6) is 0 Å². The van der Waals surface area contributed by atoms with Crippen LogP contribution in [0.1, 0.15) is 18.1 Å². The fourth-order valence-corrected chi connectivity index (χ4v) is 2.78. The molecule has 0 radical (unpaired) electrons. The Morgan fingerprint density at radius 2 is 1.23 bits per heavy atom. The van der Waals surface area contributed by atoms with E-state index in [9.17, 15) is 18.4 Å². The standard InChI is InChI=1S/C21H17F2NO2/c1-14(25)24-12-17(10-15-2-6-19(22)7-3-15)21(26)18(13-24)11-16-4-8-20(23)9-5-16/h2-11H,12-13H2,1H3/b17-10+,18-11+. The van der Waals surface area contributed by atoms with Gasteiger partial charge in [-0.3, -0.25) is 9.59 Å². The van der Waals surface area contributed by atoms with E-state index in [1.807, 2.05) is 0 Å². The maximum atomic E-state index is 13.1. The van der Waals surface area contributed by atoms with Gasteiger partial charge in [-0.2, -0.15) is 0 Å². The first-order valence-corrected chi connectivity index (χ1v) is 8.15. The highest BCUT2D eigenvalue weighted by atomic mass is 19.1. The summed E-state index contributed by atoms with van der Waals surface area (Å²) in [5, 5.41) is 0. The summed E-state index contributed by atoms with van der Waals surface area (Å²) in [4.78, 5) is 26.2. The van der Waals surface area contributed by atoms with E-state index in [1.54, 1.807) is 41.3 Å². The molecule has 0 spiro atoms. The molecule has 0 atom stereocenters. The fourth-order valence-electron chi connectivity index (χ4n) is 2.78. The molecule has 0 bridgehead atoms. The number of carbonyl (C=O) groups excluding carboxylic acids is 2. The Labute approximate surface area is 150 Å². The van der Waals surface area contributed by atoms with Crippen molar-refractivity contribution in [2.24, 2.45) is 0 Å². The van der Waals surface area contributed by atoms with Crippen LogP contribution in [0.15, 0.2) is 59.7 Å². The molecule has 3 rings (SSSR count). The number of nitrogens with zero attached hydrogens (tertiary/aromatic N) is 1. The Kier molecular flexibility index (Phi) is 5.07. The minimum atomic E-state index is -0.357. The van der Waals surface area contributed by atoms with Crippen molar-refractivity contribution >= 4 is 23.8 Å². The molecule has 1 amide bonds. The van der Waals surface area contributed by atoms with Gasteiger partial charge in [0.05, 0.1) is 0 Å². The number of halogens is 2. The van der Waals surface area contributed by atoms with Crippen molar-refractivity contribution in [2.75, 3.05) is 13.1 Å². The fraction of sp³-hybridized carbons (Fsp3) is 0.143. The van der Waals surface area contributed by atoms with Crippen LogP contribution in [0.2, 0.25) is 0 Å². The average molecular weight is 353 g/mol.